The second-order valence-corrected chi connectivity index (χ2v) is 10.8. The summed E-state index contributed by atoms with van der Waals surface area (Å²) in [6.07, 6.45) is -3.62. The first kappa shape index (κ1) is 26.8. The van der Waals surface area contributed by atoms with Gasteiger partial charge in [-0.25, -0.2) is 0 Å². The fraction of sp³-hybridized carbons (Fsp3) is 0.214. The average Bonchev–Trinajstić information content (AvgIpc) is 3.30. The lowest BCUT2D eigenvalue weighted by Gasteiger charge is -2.28. The molecule has 0 spiro atoms. The summed E-state index contributed by atoms with van der Waals surface area (Å²) in [5.74, 6) is -0.506. The molecule has 1 saturated heterocycles. The molecule has 0 aliphatic carbocycles. The molecule has 13 heteroatoms. The first-order chi connectivity index (χ1) is 19.4. The number of aromatic amines is 1. The maximum Gasteiger partial charge on any atom is 0.488 e. The molecule has 41 heavy (non-hydrogen) atoms. The third-order valence-electron chi connectivity index (χ3n) is 7.34. The number of rotatable bonds is 4. The van der Waals surface area contributed by atoms with Crippen LogP contribution < -0.4 is 14.9 Å². The van der Waals surface area contributed by atoms with E-state index in [1.165, 1.54) is 18.2 Å². The summed E-state index contributed by atoms with van der Waals surface area (Å²) in [7, 11) is -5.42. The molecule has 210 valence electrons. The van der Waals surface area contributed by atoms with Crippen LogP contribution in [0.2, 0.25) is 0 Å². The van der Waals surface area contributed by atoms with Crippen molar-refractivity contribution in [2.45, 2.75) is 25.1 Å². The summed E-state index contributed by atoms with van der Waals surface area (Å²) in [5.41, 5.74) is -0.619. The van der Waals surface area contributed by atoms with Crippen molar-refractivity contribution in [2.24, 2.45) is 0 Å². The highest BCUT2D eigenvalue weighted by molar-refractivity contribution is 7.81. The molecule has 6 rings (SSSR count). The van der Waals surface area contributed by atoms with Crippen LogP contribution in [-0.4, -0.2) is 31.1 Å². The van der Waals surface area contributed by atoms with E-state index in [-0.39, 0.29) is 33.5 Å². The number of halogens is 4. The molecule has 0 bridgehead atoms. The minimum absolute atomic E-state index is 0.0832. The summed E-state index contributed by atoms with van der Waals surface area (Å²) in [6.45, 7) is 1.31. The molecule has 1 aliphatic heterocycles. The topological polar surface area (TPSA) is 117 Å². The Balaban J connectivity index is 1.74. The van der Waals surface area contributed by atoms with Crippen molar-refractivity contribution in [1.82, 2.24) is 14.9 Å². The van der Waals surface area contributed by atoms with E-state index >= 15 is 0 Å². The lowest BCUT2D eigenvalue weighted by molar-refractivity contribution is -0.137. The van der Waals surface area contributed by atoms with Gasteiger partial charge in [0.05, 0.1) is 28.1 Å². The lowest BCUT2D eigenvalue weighted by atomic mass is 9.95. The molecule has 0 amide bonds. The Kier molecular flexibility index (Phi) is 6.28. The zero-order valence-corrected chi connectivity index (χ0v) is 21.9. The highest BCUT2D eigenvalue weighted by atomic mass is 32.3. The predicted molar refractivity (Wildman–Crippen MR) is 145 cm³/mol. The molecule has 3 heterocycles. The minimum Gasteiger partial charge on any atom is -0.358 e. The Morgan fingerprint density at radius 3 is 2.46 bits per heavy atom. The van der Waals surface area contributed by atoms with Crippen molar-refractivity contribution in [2.75, 3.05) is 13.1 Å². The van der Waals surface area contributed by atoms with Crippen molar-refractivity contribution in [3.05, 3.63) is 75.9 Å². The third kappa shape index (κ3) is 4.79. The van der Waals surface area contributed by atoms with Crippen molar-refractivity contribution in [3.63, 3.8) is 0 Å². The van der Waals surface area contributed by atoms with Crippen LogP contribution in [0.3, 0.4) is 0 Å². The molecule has 8 nitrogen and oxygen atoms in total. The maximum atomic E-state index is 14.5. The van der Waals surface area contributed by atoms with E-state index in [1.807, 2.05) is 10.6 Å². The van der Waals surface area contributed by atoms with Gasteiger partial charge in [0.2, 0.25) is 0 Å². The zero-order chi connectivity index (χ0) is 29.1. The number of nitrogens with one attached hydrogen (secondary N) is 2. The normalized spacial score (nSPS) is 15.0. The largest absolute Gasteiger partial charge is 0.488 e. The molecule has 0 saturated carbocycles. The van der Waals surface area contributed by atoms with E-state index < -0.39 is 33.4 Å². The number of piperidine rings is 1. The number of hydrogen-bond donors (Lipinski definition) is 2. The summed E-state index contributed by atoms with van der Waals surface area (Å²) in [4.78, 5) is 17.1. The summed E-state index contributed by atoms with van der Waals surface area (Å²) < 4.78 is 84.7. The number of fused-ring (bicyclic) bond motifs is 4. The number of nitriles is 1. The Hall–Kier alpha value is -4.41. The number of alkyl halides is 3. The van der Waals surface area contributed by atoms with Crippen LogP contribution in [0.15, 0.2) is 59.4 Å². The minimum atomic E-state index is -5.42. The van der Waals surface area contributed by atoms with Crippen molar-refractivity contribution < 1.29 is 29.7 Å². The molecule has 5 aromatic rings. The Bertz CT molecular complexity index is 2070. The molecule has 1 aliphatic rings. The quantitative estimate of drug-likeness (QED) is 0.207. The highest BCUT2D eigenvalue weighted by Gasteiger charge is 2.35. The van der Waals surface area contributed by atoms with E-state index in [1.54, 1.807) is 18.2 Å². The smallest absolute Gasteiger partial charge is 0.358 e. The summed E-state index contributed by atoms with van der Waals surface area (Å²) in [5, 5.41) is 13.2. The molecule has 0 radical (unpaired) electrons. The number of pyridine rings is 1. The van der Waals surface area contributed by atoms with Gasteiger partial charge in [-0.15, -0.1) is 0 Å². The van der Waals surface area contributed by atoms with Crippen LogP contribution in [0.4, 0.5) is 17.1 Å². The Morgan fingerprint density at radius 1 is 1.02 bits per heavy atom. The molecule has 3 aromatic carbocycles. The number of aromatic nitrogens is 2. The molecule has 2 N–H and O–H groups in total. The number of benzene rings is 3. The van der Waals surface area contributed by atoms with Crippen molar-refractivity contribution >= 4 is 43.3 Å². The van der Waals surface area contributed by atoms with Crippen LogP contribution in [0.1, 0.15) is 30.0 Å². The lowest BCUT2D eigenvalue weighted by Crippen LogP contribution is -2.30. The maximum absolute atomic E-state index is 14.5. The SMILES string of the molecule is N#Cc1ccc2c(c1)[nH]c1c2c(=O)c2cc(C(F)(F)F)c(-c3cccc(OS(=O)(=O)F)c3)cc2n1C1CCNCC1. The van der Waals surface area contributed by atoms with Gasteiger partial charge < -0.3 is 19.1 Å². The predicted octanol–water partition coefficient (Wildman–Crippen LogP) is 5.71. The monoisotopic (exact) mass is 584 g/mol. The van der Waals surface area contributed by atoms with Gasteiger partial charge in [-0.05, 0) is 73.5 Å². The number of hydrogen-bond acceptors (Lipinski definition) is 6. The van der Waals surface area contributed by atoms with Crippen LogP contribution >= 0.6 is 0 Å². The molecular weight excluding hydrogens is 564 g/mol. The summed E-state index contributed by atoms with van der Waals surface area (Å²) >= 11 is 0. The fourth-order valence-electron chi connectivity index (χ4n) is 5.64. The van der Waals surface area contributed by atoms with Gasteiger partial charge in [-0.3, -0.25) is 4.79 Å². The van der Waals surface area contributed by atoms with E-state index in [2.05, 4.69) is 14.5 Å². The second kappa shape index (κ2) is 9.60. The molecule has 0 unspecified atom stereocenters. The molecular formula is C28H20F4N4O4S. The Labute approximate surface area is 230 Å². The van der Waals surface area contributed by atoms with Gasteiger partial charge in [0, 0.05) is 22.3 Å². The number of nitrogens with zero attached hydrogens (tertiary/aromatic N) is 2. The first-order valence-electron chi connectivity index (χ1n) is 12.5. The third-order valence-corrected chi connectivity index (χ3v) is 7.73. The van der Waals surface area contributed by atoms with Crippen LogP contribution in [0, 0.1) is 11.3 Å². The number of H-pyrrole nitrogens is 1. The summed E-state index contributed by atoms with van der Waals surface area (Å²) in [6, 6.07) is 13.3. The van der Waals surface area contributed by atoms with Gasteiger partial charge in [0.15, 0.2) is 5.43 Å². The van der Waals surface area contributed by atoms with Gasteiger partial charge in [-0.1, -0.05) is 22.1 Å². The van der Waals surface area contributed by atoms with Crippen LogP contribution in [0.5, 0.6) is 5.75 Å². The van der Waals surface area contributed by atoms with E-state index in [4.69, 9.17) is 0 Å². The van der Waals surface area contributed by atoms with Gasteiger partial charge in [0.1, 0.15) is 11.4 Å². The van der Waals surface area contributed by atoms with Crippen molar-refractivity contribution in [1.29, 1.82) is 5.26 Å². The highest BCUT2D eigenvalue weighted by Crippen LogP contribution is 2.42. The van der Waals surface area contributed by atoms with Gasteiger partial charge >= 0.3 is 16.7 Å². The van der Waals surface area contributed by atoms with E-state index in [0.29, 0.717) is 48.0 Å². The van der Waals surface area contributed by atoms with Gasteiger partial charge in [0.25, 0.3) is 0 Å². The second-order valence-electron chi connectivity index (χ2n) is 9.82. The van der Waals surface area contributed by atoms with Crippen LogP contribution in [-0.2, 0) is 16.7 Å². The molecule has 1 fully saturated rings. The Morgan fingerprint density at radius 2 is 1.78 bits per heavy atom. The van der Waals surface area contributed by atoms with E-state index in [0.717, 1.165) is 18.2 Å². The average molecular weight is 585 g/mol. The first-order valence-corrected chi connectivity index (χ1v) is 13.9. The fourth-order valence-corrected chi connectivity index (χ4v) is 5.97. The van der Waals surface area contributed by atoms with Crippen molar-refractivity contribution in [3.8, 4) is 22.9 Å². The zero-order valence-electron chi connectivity index (χ0n) is 21.0. The molecule has 2 aromatic heterocycles. The van der Waals surface area contributed by atoms with Gasteiger partial charge in [-0.2, -0.15) is 26.9 Å². The molecule has 0 atom stereocenters. The van der Waals surface area contributed by atoms with Crippen LogP contribution in [0.25, 0.3) is 44.0 Å². The standard InChI is InChI=1S/C28H20F4N4O4S/c29-28(30,31)22-12-21-24(13-20(22)16-2-1-3-18(11-16)40-41(32,38)39)36(17-6-8-34-9-7-17)27-25(26(21)37)19-5-4-15(14-33)10-23(19)35-27/h1-5,10-13,17,34-35H,6-9H2. The van der Waals surface area contributed by atoms with E-state index in [9.17, 15) is 35.5 Å².